The topological polar surface area (TPSA) is 149 Å². The number of hydrogen-bond donors (Lipinski definition) is 4. The van der Waals surface area contributed by atoms with Gasteiger partial charge in [-0.3, -0.25) is 19.2 Å². The molecule has 0 saturated heterocycles. The van der Waals surface area contributed by atoms with Crippen LogP contribution in [0.3, 0.4) is 0 Å². The zero-order valence-electron chi connectivity index (χ0n) is 11.2. The molecule has 8 nitrogen and oxygen atoms in total. The van der Waals surface area contributed by atoms with Gasteiger partial charge in [-0.1, -0.05) is 6.92 Å². The van der Waals surface area contributed by atoms with E-state index >= 15 is 0 Å². The Kier molecular flexibility index (Phi) is 3.65. The lowest BCUT2D eigenvalue weighted by Crippen LogP contribution is -2.61. The number of fused-ring (bicyclic) bond motifs is 3. The molecule has 3 rings (SSSR count). The zero-order valence-corrected chi connectivity index (χ0v) is 11.2. The molecule has 4 N–H and O–H groups in total. The van der Waals surface area contributed by atoms with E-state index in [4.69, 9.17) is 0 Å². The highest BCUT2D eigenvalue weighted by atomic mass is 16.4. The Hall–Kier alpha value is -2.12. The van der Waals surface area contributed by atoms with Crippen LogP contribution in [0.2, 0.25) is 0 Å². The molecule has 8 heteroatoms. The summed E-state index contributed by atoms with van der Waals surface area (Å²) in [7, 11) is 0. The molecule has 0 aromatic carbocycles. The molecule has 2 bridgehead atoms. The fourth-order valence-corrected chi connectivity index (χ4v) is 4.36. The highest BCUT2D eigenvalue weighted by Crippen LogP contribution is 2.57. The second kappa shape index (κ2) is 5.01. The van der Waals surface area contributed by atoms with Crippen molar-refractivity contribution in [3.63, 3.8) is 0 Å². The monoisotopic (exact) mass is 300 g/mol. The third kappa shape index (κ3) is 2.14. The molecular weight excluding hydrogens is 284 g/mol. The maximum atomic E-state index is 11.4. The van der Waals surface area contributed by atoms with Gasteiger partial charge < -0.3 is 20.4 Å². The minimum Gasteiger partial charge on any atom is -0.481 e. The maximum absolute atomic E-state index is 11.4. The summed E-state index contributed by atoms with van der Waals surface area (Å²) >= 11 is 0. The summed E-state index contributed by atoms with van der Waals surface area (Å²) in [6.45, 7) is 1.65. The smallest absolute Gasteiger partial charge is 0.307 e. The van der Waals surface area contributed by atoms with Crippen molar-refractivity contribution < 1.29 is 39.6 Å². The predicted octanol–water partition coefficient (Wildman–Crippen LogP) is 0.0754. The number of aliphatic carboxylic acids is 4. The molecule has 5 atom stereocenters. The molecule has 3 aliphatic rings. The van der Waals surface area contributed by atoms with Gasteiger partial charge in [0.2, 0.25) is 0 Å². The lowest BCUT2D eigenvalue weighted by atomic mass is 9.47. The first-order valence-corrected chi connectivity index (χ1v) is 6.59. The van der Waals surface area contributed by atoms with Crippen molar-refractivity contribution >= 4 is 23.9 Å². The van der Waals surface area contributed by atoms with Crippen LogP contribution in [0.25, 0.3) is 0 Å². The second-order valence-electron chi connectivity index (χ2n) is 5.91. The van der Waals surface area contributed by atoms with E-state index < -0.39 is 59.4 Å². The van der Waals surface area contributed by atoms with Gasteiger partial charge in [-0.2, -0.15) is 0 Å². The summed E-state index contributed by atoms with van der Waals surface area (Å²) < 4.78 is 0. The van der Waals surface area contributed by atoms with E-state index in [1.807, 2.05) is 0 Å². The van der Waals surface area contributed by atoms with Crippen LogP contribution < -0.4 is 0 Å². The van der Waals surface area contributed by atoms with Crippen LogP contribution in [0.1, 0.15) is 13.3 Å². The molecule has 0 amide bonds. The van der Waals surface area contributed by atoms with Crippen LogP contribution in [0.4, 0.5) is 0 Å². The summed E-state index contributed by atoms with van der Waals surface area (Å²) in [4.78, 5) is 45.7. The quantitative estimate of drug-likeness (QED) is 0.570. The Morgan fingerprint density at radius 2 is 1.05 bits per heavy atom. The molecule has 5 unspecified atom stereocenters. The molecule has 0 aliphatic heterocycles. The molecule has 21 heavy (non-hydrogen) atoms. The van der Waals surface area contributed by atoms with Crippen molar-refractivity contribution in [2.75, 3.05) is 0 Å². The van der Waals surface area contributed by atoms with Crippen LogP contribution in [0, 0.1) is 41.4 Å². The highest BCUT2D eigenvalue weighted by Gasteiger charge is 2.65. The molecule has 3 fully saturated rings. The summed E-state index contributed by atoms with van der Waals surface area (Å²) in [5.41, 5.74) is 0. The number of carboxylic acid groups (broad SMARTS) is 4. The van der Waals surface area contributed by atoms with Gasteiger partial charge in [-0.05, 0) is 24.2 Å². The van der Waals surface area contributed by atoms with E-state index in [9.17, 15) is 39.6 Å². The molecule has 0 heterocycles. The lowest BCUT2D eigenvalue weighted by molar-refractivity contribution is -0.195. The van der Waals surface area contributed by atoms with Gasteiger partial charge in [-0.15, -0.1) is 0 Å². The molecule has 116 valence electrons. The van der Waals surface area contributed by atoms with Crippen molar-refractivity contribution in [2.45, 2.75) is 13.3 Å². The SMILES string of the molecule is CC1CC2C(C(=O)O)C(C(=O)O)C1C(C(=O)O)C2C(=O)O. The van der Waals surface area contributed by atoms with Crippen LogP contribution in [0.15, 0.2) is 0 Å². The van der Waals surface area contributed by atoms with E-state index in [2.05, 4.69) is 0 Å². The Balaban J connectivity index is 2.58. The minimum absolute atomic E-state index is 0.214. The van der Waals surface area contributed by atoms with Gasteiger partial charge >= 0.3 is 23.9 Å². The first-order valence-electron chi connectivity index (χ1n) is 6.59. The minimum atomic E-state index is -1.38. The summed E-state index contributed by atoms with van der Waals surface area (Å²) in [5.74, 6) is -13.3. The fourth-order valence-electron chi connectivity index (χ4n) is 4.36. The Morgan fingerprint density at radius 1 is 0.714 bits per heavy atom. The third-order valence-corrected chi connectivity index (χ3v) is 4.97. The van der Waals surface area contributed by atoms with Crippen LogP contribution in [-0.4, -0.2) is 44.3 Å². The van der Waals surface area contributed by atoms with Crippen LogP contribution in [-0.2, 0) is 19.2 Å². The highest BCUT2D eigenvalue weighted by molar-refractivity contribution is 5.87. The largest absolute Gasteiger partial charge is 0.481 e. The van der Waals surface area contributed by atoms with E-state index in [1.165, 1.54) is 0 Å². The molecule has 3 saturated carbocycles. The first-order chi connectivity index (χ1) is 9.68. The zero-order chi connectivity index (χ0) is 16.1. The molecule has 0 radical (unpaired) electrons. The summed E-state index contributed by atoms with van der Waals surface area (Å²) in [6, 6.07) is 0. The van der Waals surface area contributed by atoms with Gasteiger partial charge in [0.05, 0.1) is 23.7 Å². The molecule has 3 aliphatic carbocycles. The van der Waals surface area contributed by atoms with E-state index in [0.717, 1.165) is 0 Å². The third-order valence-electron chi connectivity index (χ3n) is 4.97. The second-order valence-corrected chi connectivity index (χ2v) is 5.91. The fraction of sp³-hybridized carbons (Fsp3) is 0.692. The summed E-state index contributed by atoms with van der Waals surface area (Å²) in [6.07, 6.45) is 0.214. The van der Waals surface area contributed by atoms with Crippen molar-refractivity contribution in [3.05, 3.63) is 0 Å². The predicted molar refractivity (Wildman–Crippen MR) is 65.3 cm³/mol. The average molecular weight is 300 g/mol. The number of carboxylic acids is 4. The van der Waals surface area contributed by atoms with E-state index in [-0.39, 0.29) is 12.3 Å². The molecule has 0 aromatic rings. The van der Waals surface area contributed by atoms with Crippen LogP contribution in [0.5, 0.6) is 0 Å². The number of hydrogen-bond acceptors (Lipinski definition) is 4. The Bertz CT molecular complexity index is 472. The first kappa shape index (κ1) is 15.3. The normalized spacial score (nSPS) is 41.5. The number of rotatable bonds is 4. The van der Waals surface area contributed by atoms with Gasteiger partial charge in [0.15, 0.2) is 0 Å². The standard InChI is InChI=1S/C13H16O8/c1-3-2-4-6(10(14)15)8(12(18)19)5(3)9(13(20)21)7(4)11(16)17/h3-9H,2H2,1H3,(H,14,15)(H,16,17)(H,18,19)(H,20,21). The Morgan fingerprint density at radius 3 is 1.33 bits per heavy atom. The van der Waals surface area contributed by atoms with Crippen molar-refractivity contribution in [1.29, 1.82) is 0 Å². The van der Waals surface area contributed by atoms with E-state index in [1.54, 1.807) is 6.92 Å². The van der Waals surface area contributed by atoms with E-state index in [0.29, 0.717) is 0 Å². The van der Waals surface area contributed by atoms with Gasteiger partial charge in [0.25, 0.3) is 0 Å². The van der Waals surface area contributed by atoms with Gasteiger partial charge in [0.1, 0.15) is 0 Å². The van der Waals surface area contributed by atoms with Crippen LogP contribution >= 0.6 is 0 Å². The van der Waals surface area contributed by atoms with Crippen molar-refractivity contribution in [1.82, 2.24) is 0 Å². The van der Waals surface area contributed by atoms with Crippen molar-refractivity contribution in [3.8, 4) is 0 Å². The molecule has 0 spiro atoms. The average Bonchev–Trinajstić information content (AvgIpc) is 2.35. The maximum Gasteiger partial charge on any atom is 0.307 e. The molecular formula is C13H16O8. The molecule has 0 aromatic heterocycles. The Labute approximate surface area is 119 Å². The summed E-state index contributed by atoms with van der Waals surface area (Å²) in [5, 5.41) is 37.2. The van der Waals surface area contributed by atoms with Crippen molar-refractivity contribution in [2.24, 2.45) is 41.4 Å². The lowest BCUT2D eigenvalue weighted by Gasteiger charge is -2.54. The van der Waals surface area contributed by atoms with Gasteiger partial charge in [-0.25, -0.2) is 0 Å². The number of carbonyl (C=O) groups is 4. The van der Waals surface area contributed by atoms with Gasteiger partial charge in [0, 0.05) is 0 Å².